The molecule has 0 aliphatic carbocycles. The molecule has 0 atom stereocenters. The molecular weight excluding hydrogens is 361 g/mol. The van der Waals surface area contributed by atoms with Crippen LogP contribution >= 0.6 is 23.2 Å². The Balaban J connectivity index is 2.02. The summed E-state index contributed by atoms with van der Waals surface area (Å²) in [6.07, 6.45) is 1.35. The molecule has 2 N–H and O–H groups in total. The maximum absolute atomic E-state index is 12.2. The highest BCUT2D eigenvalue weighted by Gasteiger charge is 2.10. The van der Waals surface area contributed by atoms with Gasteiger partial charge < -0.3 is 15.4 Å². The van der Waals surface area contributed by atoms with Gasteiger partial charge in [0, 0.05) is 23.5 Å². The predicted octanol–water partition coefficient (Wildman–Crippen LogP) is 4.14. The van der Waals surface area contributed by atoms with Crippen LogP contribution in [-0.4, -0.2) is 13.0 Å². The van der Waals surface area contributed by atoms with Crippen LogP contribution in [0.3, 0.4) is 0 Å². The van der Waals surface area contributed by atoms with Gasteiger partial charge in [-0.15, -0.1) is 0 Å². The summed E-state index contributed by atoms with van der Waals surface area (Å²) in [6, 6.07) is 14.0. The second kappa shape index (κ2) is 8.97. The maximum Gasteiger partial charge on any atom is 0.267 e. The molecule has 0 aliphatic heterocycles. The molecule has 128 valence electrons. The standard InChI is InChI=1S/C18H15Cl2N3O2/c1-25-17-7-6-14(8-16(17)20)23-18(24)13(9-21)11-22-10-12-4-2-3-5-15(12)19/h2-8,11,22H,10H2,1H3,(H,23,24)/b13-11-. The normalized spacial score (nSPS) is 10.7. The van der Waals surface area contributed by atoms with E-state index in [1.165, 1.54) is 13.3 Å². The summed E-state index contributed by atoms with van der Waals surface area (Å²) in [7, 11) is 1.50. The Bertz CT molecular complexity index is 844. The molecule has 2 aromatic carbocycles. The van der Waals surface area contributed by atoms with Crippen LogP contribution in [0.15, 0.2) is 54.2 Å². The molecule has 0 spiro atoms. The summed E-state index contributed by atoms with van der Waals surface area (Å²) in [6.45, 7) is 0.395. The molecule has 2 aromatic rings. The first-order chi connectivity index (χ1) is 12.0. The van der Waals surface area contributed by atoms with Crippen molar-refractivity contribution in [2.24, 2.45) is 0 Å². The molecule has 0 fully saturated rings. The fourth-order valence-electron chi connectivity index (χ4n) is 2.00. The summed E-state index contributed by atoms with van der Waals surface area (Å²) in [4.78, 5) is 12.2. The number of amides is 1. The van der Waals surface area contributed by atoms with Gasteiger partial charge in [0.05, 0.1) is 12.1 Å². The lowest BCUT2D eigenvalue weighted by molar-refractivity contribution is -0.112. The topological polar surface area (TPSA) is 74.1 Å². The van der Waals surface area contributed by atoms with Gasteiger partial charge in [-0.05, 0) is 29.8 Å². The van der Waals surface area contributed by atoms with Gasteiger partial charge in [-0.1, -0.05) is 41.4 Å². The van der Waals surface area contributed by atoms with E-state index in [1.807, 2.05) is 24.3 Å². The number of nitriles is 1. The van der Waals surface area contributed by atoms with E-state index >= 15 is 0 Å². The van der Waals surface area contributed by atoms with Gasteiger partial charge in [-0.2, -0.15) is 5.26 Å². The number of ether oxygens (including phenoxy) is 1. The Morgan fingerprint density at radius 1 is 1.24 bits per heavy atom. The second-order valence-corrected chi connectivity index (χ2v) is 5.76. The number of anilines is 1. The number of carbonyl (C=O) groups is 1. The number of rotatable bonds is 6. The van der Waals surface area contributed by atoms with Crippen LogP contribution in [0.4, 0.5) is 5.69 Å². The van der Waals surface area contributed by atoms with Crippen LogP contribution in [0.25, 0.3) is 0 Å². The van der Waals surface area contributed by atoms with E-state index in [9.17, 15) is 10.1 Å². The Hall–Kier alpha value is -2.68. The molecule has 0 aromatic heterocycles. The summed E-state index contributed by atoms with van der Waals surface area (Å²) in [5.41, 5.74) is 1.25. The zero-order valence-electron chi connectivity index (χ0n) is 13.3. The highest BCUT2D eigenvalue weighted by molar-refractivity contribution is 6.32. The van der Waals surface area contributed by atoms with Gasteiger partial charge in [-0.25, -0.2) is 0 Å². The Morgan fingerprint density at radius 3 is 2.64 bits per heavy atom. The Kier molecular flexibility index (Phi) is 6.70. The van der Waals surface area contributed by atoms with E-state index < -0.39 is 5.91 Å². The molecule has 5 nitrogen and oxygen atoms in total. The van der Waals surface area contributed by atoms with Crippen molar-refractivity contribution in [1.29, 1.82) is 5.26 Å². The average Bonchev–Trinajstić information content (AvgIpc) is 2.60. The summed E-state index contributed by atoms with van der Waals surface area (Å²) < 4.78 is 5.05. The molecule has 0 unspecified atom stereocenters. The molecule has 25 heavy (non-hydrogen) atoms. The molecule has 0 saturated carbocycles. The molecule has 0 radical (unpaired) electrons. The van der Waals surface area contributed by atoms with Gasteiger partial charge in [0.1, 0.15) is 17.4 Å². The molecule has 0 aliphatic rings. The number of hydrogen-bond donors (Lipinski definition) is 2. The highest BCUT2D eigenvalue weighted by Crippen LogP contribution is 2.27. The van der Waals surface area contributed by atoms with E-state index in [0.717, 1.165) is 5.56 Å². The van der Waals surface area contributed by atoms with Crippen molar-refractivity contribution < 1.29 is 9.53 Å². The monoisotopic (exact) mass is 375 g/mol. The van der Waals surface area contributed by atoms with Crippen molar-refractivity contribution in [2.45, 2.75) is 6.54 Å². The fourth-order valence-corrected chi connectivity index (χ4v) is 2.46. The zero-order chi connectivity index (χ0) is 18.2. The predicted molar refractivity (Wildman–Crippen MR) is 98.6 cm³/mol. The minimum Gasteiger partial charge on any atom is -0.495 e. The van der Waals surface area contributed by atoms with Crippen LogP contribution in [-0.2, 0) is 11.3 Å². The van der Waals surface area contributed by atoms with Gasteiger partial charge in [0.15, 0.2) is 0 Å². The van der Waals surface area contributed by atoms with Crippen molar-refractivity contribution in [3.8, 4) is 11.8 Å². The Morgan fingerprint density at radius 2 is 2.00 bits per heavy atom. The van der Waals surface area contributed by atoms with Crippen LogP contribution < -0.4 is 15.4 Å². The third-order valence-electron chi connectivity index (χ3n) is 3.27. The number of carbonyl (C=O) groups excluding carboxylic acids is 1. The first-order valence-corrected chi connectivity index (χ1v) is 8.02. The van der Waals surface area contributed by atoms with Crippen LogP contribution in [0.1, 0.15) is 5.56 Å². The molecule has 1 amide bonds. The van der Waals surface area contributed by atoms with E-state index in [4.69, 9.17) is 27.9 Å². The van der Waals surface area contributed by atoms with Gasteiger partial charge in [0.25, 0.3) is 5.91 Å². The average molecular weight is 376 g/mol. The molecule has 2 rings (SSSR count). The highest BCUT2D eigenvalue weighted by atomic mass is 35.5. The van der Waals surface area contributed by atoms with Crippen molar-refractivity contribution in [1.82, 2.24) is 5.32 Å². The second-order valence-electron chi connectivity index (χ2n) is 4.95. The Labute approximate surface area is 155 Å². The quantitative estimate of drug-likeness (QED) is 0.587. The molecule has 0 saturated heterocycles. The summed E-state index contributed by atoms with van der Waals surface area (Å²) in [5, 5.41) is 15.7. The molecule has 0 bridgehead atoms. The number of nitrogens with one attached hydrogen (secondary N) is 2. The van der Waals surface area contributed by atoms with E-state index in [2.05, 4.69) is 10.6 Å². The molecular formula is C18H15Cl2N3O2. The van der Waals surface area contributed by atoms with Crippen molar-refractivity contribution in [3.05, 3.63) is 69.8 Å². The third kappa shape index (κ3) is 5.15. The van der Waals surface area contributed by atoms with Gasteiger partial charge >= 0.3 is 0 Å². The maximum atomic E-state index is 12.2. The summed E-state index contributed by atoms with van der Waals surface area (Å²) >= 11 is 12.1. The molecule has 0 heterocycles. The van der Waals surface area contributed by atoms with E-state index in [0.29, 0.717) is 28.0 Å². The van der Waals surface area contributed by atoms with Crippen molar-refractivity contribution >= 4 is 34.8 Å². The first kappa shape index (κ1) is 18.7. The number of nitrogens with zero attached hydrogens (tertiary/aromatic N) is 1. The van der Waals surface area contributed by atoms with Crippen LogP contribution in [0.5, 0.6) is 5.75 Å². The number of benzene rings is 2. The summed E-state index contributed by atoms with van der Waals surface area (Å²) in [5.74, 6) is -0.0486. The van der Waals surface area contributed by atoms with Crippen LogP contribution in [0, 0.1) is 11.3 Å². The third-order valence-corrected chi connectivity index (χ3v) is 3.94. The van der Waals surface area contributed by atoms with Crippen molar-refractivity contribution in [3.63, 3.8) is 0 Å². The molecule has 7 heteroatoms. The number of hydrogen-bond acceptors (Lipinski definition) is 4. The SMILES string of the molecule is COc1ccc(NC(=O)/C(C#N)=C\NCc2ccccc2Cl)cc1Cl. The number of methoxy groups -OCH3 is 1. The van der Waals surface area contributed by atoms with E-state index in [1.54, 1.807) is 24.3 Å². The van der Waals surface area contributed by atoms with Crippen LogP contribution in [0.2, 0.25) is 10.0 Å². The first-order valence-electron chi connectivity index (χ1n) is 7.27. The largest absolute Gasteiger partial charge is 0.495 e. The minimum absolute atomic E-state index is 0.0704. The smallest absolute Gasteiger partial charge is 0.267 e. The fraction of sp³-hybridized carbons (Fsp3) is 0.111. The van der Waals surface area contributed by atoms with Crippen molar-refractivity contribution in [2.75, 3.05) is 12.4 Å². The van der Waals surface area contributed by atoms with E-state index in [-0.39, 0.29) is 5.57 Å². The lowest BCUT2D eigenvalue weighted by atomic mass is 10.2. The number of halogens is 2. The lowest BCUT2D eigenvalue weighted by Gasteiger charge is -2.08. The van der Waals surface area contributed by atoms with Gasteiger partial charge in [0.2, 0.25) is 0 Å². The van der Waals surface area contributed by atoms with Gasteiger partial charge in [-0.3, -0.25) is 4.79 Å². The lowest BCUT2D eigenvalue weighted by Crippen LogP contribution is -2.16. The minimum atomic E-state index is -0.546. The zero-order valence-corrected chi connectivity index (χ0v) is 14.9.